The second kappa shape index (κ2) is 7.50. The quantitative estimate of drug-likeness (QED) is 0.544. The van der Waals surface area contributed by atoms with Crippen molar-refractivity contribution in [3.05, 3.63) is 35.4 Å². The Bertz CT molecular complexity index is 655. The van der Waals surface area contributed by atoms with Crippen LogP contribution < -0.4 is 4.74 Å². The van der Waals surface area contributed by atoms with E-state index in [2.05, 4.69) is 0 Å². The first-order valence-corrected chi connectivity index (χ1v) is 8.31. The SMILES string of the molecule is CC(C)(C)C(=O)Oc1ccc2c(c1)C(OCCC(F)(F)F)=CCCC2. The Morgan fingerprint density at radius 2 is 1.92 bits per heavy atom. The summed E-state index contributed by atoms with van der Waals surface area (Å²) in [5.74, 6) is 0.417. The van der Waals surface area contributed by atoms with Crippen LogP contribution in [0, 0.1) is 5.41 Å². The monoisotopic (exact) mass is 356 g/mol. The van der Waals surface area contributed by atoms with Gasteiger partial charge in [-0.15, -0.1) is 0 Å². The summed E-state index contributed by atoms with van der Waals surface area (Å²) in [5, 5.41) is 0. The Morgan fingerprint density at radius 1 is 1.20 bits per heavy atom. The predicted octanol–water partition coefficient (Wildman–Crippen LogP) is 5.28. The molecule has 25 heavy (non-hydrogen) atoms. The number of carbonyl (C=O) groups is 1. The molecule has 0 amide bonds. The van der Waals surface area contributed by atoms with Gasteiger partial charge in [-0.2, -0.15) is 13.2 Å². The van der Waals surface area contributed by atoms with Crippen molar-refractivity contribution in [2.75, 3.05) is 6.61 Å². The smallest absolute Gasteiger partial charge is 0.392 e. The van der Waals surface area contributed by atoms with Crippen LogP contribution in [-0.4, -0.2) is 18.8 Å². The Morgan fingerprint density at radius 3 is 2.56 bits per heavy atom. The molecule has 0 saturated carbocycles. The van der Waals surface area contributed by atoms with E-state index in [1.54, 1.807) is 39.0 Å². The number of hydrogen-bond acceptors (Lipinski definition) is 3. The van der Waals surface area contributed by atoms with Gasteiger partial charge in [-0.3, -0.25) is 4.79 Å². The van der Waals surface area contributed by atoms with Crippen LogP contribution in [0.2, 0.25) is 0 Å². The molecule has 1 aliphatic carbocycles. The van der Waals surface area contributed by atoms with Gasteiger partial charge in [0.1, 0.15) is 11.5 Å². The Balaban J connectivity index is 2.19. The topological polar surface area (TPSA) is 35.5 Å². The van der Waals surface area contributed by atoms with Crippen molar-refractivity contribution in [2.45, 2.75) is 52.6 Å². The van der Waals surface area contributed by atoms with Gasteiger partial charge in [-0.05, 0) is 63.8 Å². The van der Waals surface area contributed by atoms with E-state index in [0.29, 0.717) is 17.1 Å². The van der Waals surface area contributed by atoms with Gasteiger partial charge in [-0.25, -0.2) is 0 Å². The molecule has 0 atom stereocenters. The van der Waals surface area contributed by atoms with Crippen LogP contribution in [-0.2, 0) is 16.0 Å². The number of allylic oxidation sites excluding steroid dienone is 1. The standard InChI is InChI=1S/C19H23F3O3/c1-18(2,3)17(23)25-14-9-8-13-6-4-5-7-16(15(13)12-14)24-11-10-19(20,21)22/h7-9,12H,4-6,10-11H2,1-3H3. The Hall–Kier alpha value is -1.98. The summed E-state index contributed by atoms with van der Waals surface area (Å²) in [6.07, 6.45) is -1.03. The zero-order chi connectivity index (χ0) is 18.7. The minimum Gasteiger partial charge on any atom is -0.493 e. The molecule has 0 unspecified atom stereocenters. The van der Waals surface area contributed by atoms with E-state index >= 15 is 0 Å². The summed E-state index contributed by atoms with van der Waals surface area (Å²) >= 11 is 0. The number of carbonyl (C=O) groups excluding carboxylic acids is 1. The average Bonchev–Trinajstić information content (AvgIpc) is 2.67. The maximum Gasteiger partial charge on any atom is 0.392 e. The van der Waals surface area contributed by atoms with E-state index < -0.39 is 24.6 Å². The van der Waals surface area contributed by atoms with Crippen LogP contribution in [0.5, 0.6) is 5.75 Å². The molecule has 0 radical (unpaired) electrons. The molecule has 0 saturated heterocycles. The van der Waals surface area contributed by atoms with Crippen LogP contribution in [0.4, 0.5) is 13.2 Å². The third kappa shape index (κ3) is 5.80. The van der Waals surface area contributed by atoms with E-state index in [0.717, 1.165) is 24.8 Å². The number of halogens is 3. The third-order valence-corrected chi connectivity index (χ3v) is 3.79. The Labute approximate surface area is 145 Å². The fourth-order valence-electron chi connectivity index (χ4n) is 2.38. The molecule has 3 nitrogen and oxygen atoms in total. The van der Waals surface area contributed by atoms with Gasteiger partial charge in [0.25, 0.3) is 0 Å². The summed E-state index contributed by atoms with van der Waals surface area (Å²) in [6, 6.07) is 5.22. The van der Waals surface area contributed by atoms with Crippen molar-refractivity contribution in [3.8, 4) is 5.75 Å². The maximum atomic E-state index is 12.3. The van der Waals surface area contributed by atoms with Crippen molar-refractivity contribution >= 4 is 11.7 Å². The van der Waals surface area contributed by atoms with Gasteiger partial charge >= 0.3 is 12.1 Å². The van der Waals surface area contributed by atoms with E-state index in [1.807, 2.05) is 6.07 Å². The lowest BCUT2D eigenvalue weighted by Crippen LogP contribution is -2.25. The lowest BCUT2D eigenvalue weighted by molar-refractivity contribution is -0.143. The van der Waals surface area contributed by atoms with E-state index in [4.69, 9.17) is 9.47 Å². The molecular weight excluding hydrogens is 333 g/mol. The lowest BCUT2D eigenvalue weighted by Gasteiger charge is -2.18. The normalized spacial score (nSPS) is 15.0. The number of fused-ring (bicyclic) bond motifs is 1. The van der Waals surface area contributed by atoms with Crippen LogP contribution in [0.25, 0.3) is 5.76 Å². The zero-order valence-corrected chi connectivity index (χ0v) is 14.7. The van der Waals surface area contributed by atoms with Gasteiger partial charge in [0.2, 0.25) is 0 Å². The fourth-order valence-corrected chi connectivity index (χ4v) is 2.38. The Kier molecular flexibility index (Phi) is 5.80. The number of esters is 1. The van der Waals surface area contributed by atoms with Crippen molar-refractivity contribution in [3.63, 3.8) is 0 Å². The second-order valence-electron chi connectivity index (χ2n) is 7.13. The number of alkyl halides is 3. The molecule has 1 aromatic rings. The highest BCUT2D eigenvalue weighted by molar-refractivity contribution is 5.78. The summed E-state index contributed by atoms with van der Waals surface area (Å²) in [4.78, 5) is 12.0. The first-order chi connectivity index (χ1) is 11.6. The number of benzene rings is 1. The van der Waals surface area contributed by atoms with Crippen LogP contribution in [0.15, 0.2) is 24.3 Å². The first kappa shape index (κ1) is 19.3. The number of ether oxygens (including phenoxy) is 2. The van der Waals surface area contributed by atoms with E-state index in [1.165, 1.54) is 0 Å². The predicted molar refractivity (Wildman–Crippen MR) is 89.1 cm³/mol. The largest absolute Gasteiger partial charge is 0.493 e. The highest BCUT2D eigenvalue weighted by Crippen LogP contribution is 2.31. The molecule has 0 N–H and O–H groups in total. The minimum absolute atomic E-state index is 0.367. The highest BCUT2D eigenvalue weighted by Gasteiger charge is 2.28. The van der Waals surface area contributed by atoms with E-state index in [9.17, 15) is 18.0 Å². The molecule has 138 valence electrons. The average molecular weight is 356 g/mol. The van der Waals surface area contributed by atoms with Crippen LogP contribution in [0.1, 0.15) is 51.2 Å². The summed E-state index contributed by atoms with van der Waals surface area (Å²) in [5.41, 5.74) is 1.03. The highest BCUT2D eigenvalue weighted by atomic mass is 19.4. The van der Waals surface area contributed by atoms with E-state index in [-0.39, 0.29) is 5.97 Å². The summed E-state index contributed by atoms with van der Waals surface area (Å²) < 4.78 is 47.8. The molecule has 2 rings (SSSR count). The van der Waals surface area contributed by atoms with Gasteiger partial charge < -0.3 is 9.47 Å². The van der Waals surface area contributed by atoms with Crippen molar-refractivity contribution in [1.82, 2.24) is 0 Å². The molecule has 0 spiro atoms. The molecule has 6 heteroatoms. The fraction of sp³-hybridized carbons (Fsp3) is 0.526. The van der Waals surface area contributed by atoms with Crippen LogP contribution in [0.3, 0.4) is 0 Å². The molecular formula is C19H23F3O3. The second-order valence-corrected chi connectivity index (χ2v) is 7.13. The molecule has 1 aliphatic rings. The van der Waals surface area contributed by atoms with Gasteiger partial charge in [0.15, 0.2) is 0 Å². The molecule has 0 bridgehead atoms. The third-order valence-electron chi connectivity index (χ3n) is 3.79. The van der Waals surface area contributed by atoms with Crippen molar-refractivity contribution in [1.29, 1.82) is 0 Å². The van der Waals surface area contributed by atoms with Crippen molar-refractivity contribution in [2.24, 2.45) is 5.41 Å². The molecule has 0 aromatic heterocycles. The number of hydrogen-bond donors (Lipinski definition) is 0. The molecule has 0 fully saturated rings. The van der Waals surface area contributed by atoms with Crippen molar-refractivity contribution < 1.29 is 27.4 Å². The number of rotatable bonds is 4. The van der Waals surface area contributed by atoms with Gasteiger partial charge in [0, 0.05) is 5.56 Å². The van der Waals surface area contributed by atoms with Gasteiger partial charge in [-0.1, -0.05) is 6.07 Å². The lowest BCUT2D eigenvalue weighted by atomic mass is 9.97. The molecule has 0 heterocycles. The summed E-state index contributed by atoms with van der Waals surface area (Å²) in [7, 11) is 0. The summed E-state index contributed by atoms with van der Waals surface area (Å²) in [6.45, 7) is 4.83. The molecule has 0 aliphatic heterocycles. The zero-order valence-electron chi connectivity index (χ0n) is 14.7. The first-order valence-electron chi connectivity index (χ1n) is 8.31. The van der Waals surface area contributed by atoms with Gasteiger partial charge in [0.05, 0.1) is 18.4 Å². The number of aryl methyl sites for hydroxylation is 1. The minimum atomic E-state index is -4.25. The van der Waals surface area contributed by atoms with Crippen LogP contribution >= 0.6 is 0 Å². The molecule has 1 aromatic carbocycles. The maximum absolute atomic E-state index is 12.3.